The third kappa shape index (κ3) is 2.95. The summed E-state index contributed by atoms with van der Waals surface area (Å²) < 4.78 is 1.72. The Kier molecular flexibility index (Phi) is 3.61. The third-order valence-corrected chi connectivity index (χ3v) is 3.30. The van der Waals surface area contributed by atoms with Crippen molar-refractivity contribution in [1.82, 2.24) is 19.7 Å². The second-order valence-electron chi connectivity index (χ2n) is 4.64. The van der Waals surface area contributed by atoms with E-state index < -0.39 is 0 Å². The smallest absolute Gasteiger partial charge is 0.191 e. The van der Waals surface area contributed by atoms with E-state index in [4.69, 9.17) is 5.73 Å². The minimum Gasteiger partial charge on any atom is -0.370 e. The molecule has 2 N–H and O–H groups in total. The zero-order valence-electron chi connectivity index (χ0n) is 10.5. The quantitative estimate of drug-likeness (QED) is 0.594. The van der Waals surface area contributed by atoms with Crippen molar-refractivity contribution in [3.05, 3.63) is 12.2 Å². The molecule has 1 aromatic heterocycles. The molecular weight excluding hydrogens is 216 g/mol. The number of nitrogens with zero attached hydrogens (tertiary/aromatic N) is 5. The number of piperidine rings is 1. The number of nitrogens with two attached hydrogens (primary N) is 1. The Morgan fingerprint density at radius 1 is 1.53 bits per heavy atom. The van der Waals surface area contributed by atoms with E-state index in [-0.39, 0.29) is 0 Å². The van der Waals surface area contributed by atoms with Crippen LogP contribution in [0.3, 0.4) is 0 Å². The Bertz CT molecular complexity index is 388. The molecule has 0 aliphatic carbocycles. The van der Waals surface area contributed by atoms with Gasteiger partial charge in [-0.25, -0.2) is 9.98 Å². The maximum Gasteiger partial charge on any atom is 0.191 e. The number of guanidine groups is 1. The third-order valence-electron chi connectivity index (χ3n) is 3.30. The highest BCUT2D eigenvalue weighted by atomic mass is 15.3. The normalized spacial score (nSPS) is 18.7. The van der Waals surface area contributed by atoms with E-state index in [0.29, 0.717) is 12.5 Å². The van der Waals surface area contributed by atoms with Gasteiger partial charge in [-0.15, -0.1) is 0 Å². The first-order chi connectivity index (χ1) is 8.16. The minimum atomic E-state index is 0.494. The Labute approximate surface area is 102 Å². The number of aromatic nitrogens is 3. The molecule has 1 saturated heterocycles. The van der Waals surface area contributed by atoms with Crippen LogP contribution in [0, 0.1) is 5.92 Å². The average molecular weight is 236 g/mol. The molecule has 17 heavy (non-hydrogen) atoms. The van der Waals surface area contributed by atoms with E-state index in [9.17, 15) is 0 Å². The Morgan fingerprint density at radius 3 is 2.82 bits per heavy atom. The van der Waals surface area contributed by atoms with Crippen LogP contribution in [0.2, 0.25) is 0 Å². The summed E-state index contributed by atoms with van der Waals surface area (Å²) in [6.07, 6.45) is 3.92. The predicted molar refractivity (Wildman–Crippen MR) is 66.3 cm³/mol. The topological polar surface area (TPSA) is 72.3 Å². The highest BCUT2D eigenvalue weighted by Crippen LogP contribution is 2.15. The van der Waals surface area contributed by atoms with Crippen molar-refractivity contribution in [2.75, 3.05) is 13.1 Å². The van der Waals surface area contributed by atoms with Crippen LogP contribution in [0.25, 0.3) is 0 Å². The van der Waals surface area contributed by atoms with Crippen molar-refractivity contribution in [3.8, 4) is 0 Å². The van der Waals surface area contributed by atoms with Gasteiger partial charge in [-0.3, -0.25) is 4.68 Å². The zero-order chi connectivity index (χ0) is 12.3. The van der Waals surface area contributed by atoms with E-state index in [1.165, 1.54) is 19.2 Å². The summed E-state index contributed by atoms with van der Waals surface area (Å²) >= 11 is 0. The maximum absolute atomic E-state index is 5.98. The molecule has 0 radical (unpaired) electrons. The molecule has 1 aliphatic heterocycles. The van der Waals surface area contributed by atoms with Crippen molar-refractivity contribution in [3.63, 3.8) is 0 Å². The molecule has 1 aromatic rings. The molecule has 0 saturated carbocycles. The van der Waals surface area contributed by atoms with Gasteiger partial charge in [0.05, 0.1) is 0 Å². The van der Waals surface area contributed by atoms with Gasteiger partial charge in [0, 0.05) is 20.1 Å². The van der Waals surface area contributed by atoms with Gasteiger partial charge in [0.15, 0.2) is 5.96 Å². The lowest BCUT2D eigenvalue weighted by Crippen LogP contribution is -2.42. The average Bonchev–Trinajstić information content (AvgIpc) is 2.73. The molecule has 0 unspecified atom stereocenters. The molecule has 1 fully saturated rings. The van der Waals surface area contributed by atoms with Gasteiger partial charge < -0.3 is 10.6 Å². The molecule has 0 spiro atoms. The van der Waals surface area contributed by atoms with Crippen molar-refractivity contribution in [2.24, 2.45) is 23.7 Å². The number of aryl methyl sites for hydroxylation is 1. The SMILES string of the molecule is CC1CCN(C(N)=NCc2ncnn2C)CC1. The molecule has 6 heteroatoms. The second kappa shape index (κ2) is 5.16. The van der Waals surface area contributed by atoms with Gasteiger partial charge in [0.1, 0.15) is 18.7 Å². The Balaban J connectivity index is 1.91. The summed E-state index contributed by atoms with van der Waals surface area (Å²) in [5.41, 5.74) is 5.98. The van der Waals surface area contributed by atoms with E-state index in [1.54, 1.807) is 4.68 Å². The largest absolute Gasteiger partial charge is 0.370 e. The molecule has 1 aliphatic rings. The van der Waals surface area contributed by atoms with Gasteiger partial charge in [0.25, 0.3) is 0 Å². The van der Waals surface area contributed by atoms with E-state index >= 15 is 0 Å². The molecule has 94 valence electrons. The van der Waals surface area contributed by atoms with Gasteiger partial charge in [0.2, 0.25) is 0 Å². The maximum atomic E-state index is 5.98. The molecule has 6 nitrogen and oxygen atoms in total. The van der Waals surface area contributed by atoms with Gasteiger partial charge in [-0.05, 0) is 18.8 Å². The van der Waals surface area contributed by atoms with Gasteiger partial charge in [-0.2, -0.15) is 5.10 Å². The predicted octanol–water partition coefficient (Wildman–Crippen LogP) is 0.362. The van der Waals surface area contributed by atoms with Crippen LogP contribution in [0.5, 0.6) is 0 Å². The fraction of sp³-hybridized carbons (Fsp3) is 0.727. The van der Waals surface area contributed by atoms with Crippen molar-refractivity contribution in [1.29, 1.82) is 0 Å². The molecule has 0 bridgehead atoms. The van der Waals surface area contributed by atoms with E-state index in [1.807, 2.05) is 7.05 Å². The summed E-state index contributed by atoms with van der Waals surface area (Å²) in [5, 5.41) is 4.00. The zero-order valence-corrected chi connectivity index (χ0v) is 10.5. The summed E-state index contributed by atoms with van der Waals surface area (Å²) in [5.74, 6) is 2.26. The minimum absolute atomic E-state index is 0.494. The van der Waals surface area contributed by atoms with Crippen molar-refractivity contribution in [2.45, 2.75) is 26.3 Å². The van der Waals surface area contributed by atoms with Gasteiger partial charge >= 0.3 is 0 Å². The summed E-state index contributed by atoms with van der Waals surface area (Å²) in [4.78, 5) is 10.6. The number of hydrogen-bond donors (Lipinski definition) is 1. The first kappa shape index (κ1) is 11.9. The highest BCUT2D eigenvalue weighted by molar-refractivity contribution is 5.78. The monoisotopic (exact) mass is 236 g/mol. The fourth-order valence-corrected chi connectivity index (χ4v) is 1.95. The molecular formula is C11H20N6. The van der Waals surface area contributed by atoms with Crippen molar-refractivity contribution >= 4 is 5.96 Å². The molecule has 0 atom stereocenters. The van der Waals surface area contributed by atoms with Crippen molar-refractivity contribution < 1.29 is 0 Å². The van der Waals surface area contributed by atoms with Crippen LogP contribution in [-0.2, 0) is 13.6 Å². The summed E-state index contributed by atoms with van der Waals surface area (Å²) in [6.45, 7) is 4.79. The van der Waals surface area contributed by atoms with Crippen LogP contribution in [0.1, 0.15) is 25.6 Å². The summed E-state index contributed by atoms with van der Waals surface area (Å²) in [6, 6.07) is 0. The van der Waals surface area contributed by atoms with Crippen LogP contribution in [0.4, 0.5) is 0 Å². The number of aliphatic imine (C=N–C) groups is 1. The molecule has 0 amide bonds. The number of rotatable bonds is 2. The Morgan fingerprint density at radius 2 is 2.24 bits per heavy atom. The number of hydrogen-bond acceptors (Lipinski definition) is 3. The van der Waals surface area contributed by atoms with Crippen LogP contribution < -0.4 is 5.73 Å². The Hall–Kier alpha value is -1.59. The van der Waals surface area contributed by atoms with Crippen LogP contribution in [0.15, 0.2) is 11.3 Å². The lowest BCUT2D eigenvalue weighted by Gasteiger charge is -2.30. The van der Waals surface area contributed by atoms with Crippen LogP contribution >= 0.6 is 0 Å². The standard InChI is InChI=1S/C11H20N6/c1-9-3-5-17(6-4-9)11(12)13-7-10-14-8-15-16(10)2/h8-9H,3-7H2,1-2H3,(H2,12,13). The molecule has 0 aromatic carbocycles. The molecule has 2 heterocycles. The van der Waals surface area contributed by atoms with Gasteiger partial charge in [-0.1, -0.05) is 6.92 Å². The molecule has 2 rings (SSSR count). The second-order valence-corrected chi connectivity index (χ2v) is 4.64. The lowest BCUT2D eigenvalue weighted by atomic mass is 10.00. The highest BCUT2D eigenvalue weighted by Gasteiger charge is 2.16. The fourth-order valence-electron chi connectivity index (χ4n) is 1.95. The summed E-state index contributed by atoms with van der Waals surface area (Å²) in [7, 11) is 1.86. The van der Waals surface area contributed by atoms with E-state index in [0.717, 1.165) is 24.8 Å². The lowest BCUT2D eigenvalue weighted by molar-refractivity contribution is 0.277. The first-order valence-corrected chi connectivity index (χ1v) is 6.04. The van der Waals surface area contributed by atoms with E-state index in [2.05, 4.69) is 26.9 Å². The first-order valence-electron chi connectivity index (χ1n) is 6.04. The van der Waals surface area contributed by atoms with Crippen LogP contribution in [-0.4, -0.2) is 38.7 Å². The number of likely N-dealkylation sites (tertiary alicyclic amines) is 1.